The van der Waals surface area contributed by atoms with Crippen LogP contribution in [-0.4, -0.2) is 12.6 Å². The summed E-state index contributed by atoms with van der Waals surface area (Å²) < 4.78 is 32.2. The van der Waals surface area contributed by atoms with Crippen LogP contribution in [0.3, 0.4) is 0 Å². The number of rotatable bonds is 4. The number of anilines is 3. The van der Waals surface area contributed by atoms with Gasteiger partial charge in [0.15, 0.2) is 0 Å². The Kier molecular flexibility index (Phi) is 4.37. The molecule has 0 aliphatic rings. The van der Waals surface area contributed by atoms with Crippen LogP contribution in [-0.2, 0) is 4.74 Å². The molecule has 0 fully saturated rings. The quantitative estimate of drug-likeness (QED) is 0.669. The van der Waals surface area contributed by atoms with Crippen LogP contribution in [0.5, 0.6) is 0 Å². The molecule has 21 heavy (non-hydrogen) atoms. The smallest absolute Gasteiger partial charge is 0.340 e. The van der Waals surface area contributed by atoms with Crippen molar-refractivity contribution in [1.29, 1.82) is 0 Å². The van der Waals surface area contributed by atoms with Gasteiger partial charge in [-0.05, 0) is 37.3 Å². The van der Waals surface area contributed by atoms with Crippen molar-refractivity contribution in [3.05, 3.63) is 53.6 Å². The first-order chi connectivity index (χ1) is 10.0. The first-order valence-electron chi connectivity index (χ1n) is 6.30. The number of halogens is 2. The van der Waals surface area contributed by atoms with E-state index in [-0.39, 0.29) is 23.5 Å². The van der Waals surface area contributed by atoms with Crippen molar-refractivity contribution in [1.82, 2.24) is 0 Å². The Morgan fingerprint density at radius 1 is 1.24 bits per heavy atom. The molecule has 2 aromatic rings. The molecule has 2 rings (SSSR count). The van der Waals surface area contributed by atoms with E-state index in [4.69, 9.17) is 10.5 Å². The van der Waals surface area contributed by atoms with Crippen molar-refractivity contribution in [2.45, 2.75) is 6.92 Å². The van der Waals surface area contributed by atoms with Crippen molar-refractivity contribution >= 4 is 23.0 Å². The standard InChI is InChI=1S/C15H14F2N2O2/c1-2-21-15(20)10-8-9(18)6-7-13(10)19-14-11(16)4-3-5-12(14)17/h3-8,19H,2,18H2,1H3. The minimum atomic E-state index is -0.762. The first kappa shape index (κ1) is 14.8. The molecular weight excluding hydrogens is 278 g/mol. The zero-order valence-corrected chi connectivity index (χ0v) is 11.3. The highest BCUT2D eigenvalue weighted by molar-refractivity contribution is 5.97. The van der Waals surface area contributed by atoms with Gasteiger partial charge in [0.25, 0.3) is 0 Å². The van der Waals surface area contributed by atoms with Gasteiger partial charge in [-0.15, -0.1) is 0 Å². The number of carbonyl (C=O) groups excluding carboxylic acids is 1. The maximum Gasteiger partial charge on any atom is 0.340 e. The average Bonchev–Trinajstić information content (AvgIpc) is 2.44. The fraction of sp³-hybridized carbons (Fsp3) is 0.133. The van der Waals surface area contributed by atoms with E-state index in [0.29, 0.717) is 5.69 Å². The fourth-order valence-electron chi connectivity index (χ4n) is 1.80. The molecule has 0 saturated heterocycles. The SMILES string of the molecule is CCOC(=O)c1cc(N)ccc1Nc1c(F)cccc1F. The van der Waals surface area contributed by atoms with E-state index in [9.17, 15) is 13.6 Å². The van der Waals surface area contributed by atoms with Gasteiger partial charge in [-0.2, -0.15) is 0 Å². The van der Waals surface area contributed by atoms with Crippen molar-refractivity contribution in [3.8, 4) is 0 Å². The highest BCUT2D eigenvalue weighted by Gasteiger charge is 2.16. The summed E-state index contributed by atoms with van der Waals surface area (Å²) in [6, 6.07) is 7.86. The van der Waals surface area contributed by atoms with Crippen LogP contribution in [0.2, 0.25) is 0 Å². The third kappa shape index (κ3) is 3.28. The third-order valence-corrected chi connectivity index (χ3v) is 2.76. The lowest BCUT2D eigenvalue weighted by atomic mass is 10.1. The number of nitrogen functional groups attached to an aromatic ring is 1. The summed E-state index contributed by atoms with van der Waals surface area (Å²) in [7, 11) is 0. The van der Waals surface area contributed by atoms with Crippen LogP contribution >= 0.6 is 0 Å². The molecule has 3 N–H and O–H groups in total. The van der Waals surface area contributed by atoms with Crippen molar-refractivity contribution < 1.29 is 18.3 Å². The summed E-state index contributed by atoms with van der Waals surface area (Å²) in [5.41, 5.74) is 5.96. The van der Waals surface area contributed by atoms with Crippen LogP contribution in [0.15, 0.2) is 36.4 Å². The number of benzene rings is 2. The molecule has 0 heterocycles. The molecule has 0 atom stereocenters. The van der Waals surface area contributed by atoms with Crippen LogP contribution in [0, 0.1) is 11.6 Å². The Bertz CT molecular complexity index is 654. The van der Waals surface area contributed by atoms with Gasteiger partial charge in [0.2, 0.25) is 0 Å². The summed E-state index contributed by atoms with van der Waals surface area (Å²) in [5, 5.41) is 2.57. The molecule has 0 unspecified atom stereocenters. The summed E-state index contributed by atoms with van der Waals surface area (Å²) >= 11 is 0. The first-order valence-corrected chi connectivity index (χ1v) is 6.30. The number of nitrogens with two attached hydrogens (primary N) is 1. The minimum Gasteiger partial charge on any atom is -0.462 e. The molecule has 0 saturated carbocycles. The summed E-state index contributed by atoms with van der Waals surface area (Å²) in [5.74, 6) is -2.15. The molecule has 0 aliphatic carbocycles. The molecular formula is C15H14F2N2O2. The number of hydrogen-bond donors (Lipinski definition) is 2. The van der Waals surface area contributed by atoms with E-state index in [2.05, 4.69) is 5.32 Å². The topological polar surface area (TPSA) is 64.3 Å². The number of ether oxygens (including phenoxy) is 1. The zero-order chi connectivity index (χ0) is 15.4. The largest absolute Gasteiger partial charge is 0.462 e. The Balaban J connectivity index is 2.42. The van der Waals surface area contributed by atoms with Crippen molar-refractivity contribution in [2.75, 3.05) is 17.7 Å². The highest BCUT2D eigenvalue weighted by atomic mass is 19.1. The van der Waals surface area contributed by atoms with Crippen LogP contribution in [0.1, 0.15) is 17.3 Å². The van der Waals surface area contributed by atoms with E-state index in [1.807, 2.05) is 0 Å². The second-order valence-corrected chi connectivity index (χ2v) is 4.25. The Morgan fingerprint density at radius 2 is 1.90 bits per heavy atom. The van der Waals surface area contributed by atoms with Gasteiger partial charge >= 0.3 is 5.97 Å². The predicted molar refractivity (Wildman–Crippen MR) is 76.5 cm³/mol. The third-order valence-electron chi connectivity index (χ3n) is 2.76. The van der Waals surface area contributed by atoms with Gasteiger partial charge in [0.05, 0.1) is 17.9 Å². The number of hydrogen-bond acceptors (Lipinski definition) is 4. The summed E-state index contributed by atoms with van der Waals surface area (Å²) in [4.78, 5) is 11.9. The molecule has 4 nitrogen and oxygen atoms in total. The lowest BCUT2D eigenvalue weighted by Gasteiger charge is -2.13. The monoisotopic (exact) mass is 292 g/mol. The van der Waals surface area contributed by atoms with E-state index < -0.39 is 17.6 Å². The molecule has 0 aliphatic heterocycles. The van der Waals surface area contributed by atoms with Gasteiger partial charge < -0.3 is 15.8 Å². The van der Waals surface area contributed by atoms with Crippen LogP contribution < -0.4 is 11.1 Å². The molecule has 0 bridgehead atoms. The minimum absolute atomic E-state index is 0.111. The van der Waals surface area contributed by atoms with E-state index >= 15 is 0 Å². The molecule has 0 radical (unpaired) electrons. The highest BCUT2D eigenvalue weighted by Crippen LogP contribution is 2.27. The van der Waals surface area contributed by atoms with E-state index in [1.165, 1.54) is 24.3 Å². The number of carbonyl (C=O) groups is 1. The molecule has 0 amide bonds. The van der Waals surface area contributed by atoms with Gasteiger partial charge in [0, 0.05) is 5.69 Å². The molecule has 2 aromatic carbocycles. The average molecular weight is 292 g/mol. The maximum absolute atomic E-state index is 13.7. The predicted octanol–water partition coefficient (Wildman–Crippen LogP) is 3.47. The molecule has 0 spiro atoms. The Hall–Kier alpha value is -2.63. The molecule has 0 aromatic heterocycles. The second-order valence-electron chi connectivity index (χ2n) is 4.25. The van der Waals surface area contributed by atoms with E-state index in [1.54, 1.807) is 6.92 Å². The summed E-state index contributed by atoms with van der Waals surface area (Å²) in [6.45, 7) is 1.84. The lowest BCUT2D eigenvalue weighted by molar-refractivity contribution is 0.0527. The van der Waals surface area contributed by atoms with Crippen LogP contribution in [0.25, 0.3) is 0 Å². The van der Waals surface area contributed by atoms with E-state index in [0.717, 1.165) is 12.1 Å². The maximum atomic E-state index is 13.7. The fourth-order valence-corrected chi connectivity index (χ4v) is 1.80. The Morgan fingerprint density at radius 3 is 2.52 bits per heavy atom. The zero-order valence-electron chi connectivity index (χ0n) is 11.3. The van der Waals surface area contributed by atoms with Crippen molar-refractivity contribution in [3.63, 3.8) is 0 Å². The Labute approximate surface area is 120 Å². The van der Waals surface area contributed by atoms with Gasteiger partial charge in [0.1, 0.15) is 17.3 Å². The molecule has 110 valence electrons. The number of nitrogens with one attached hydrogen (secondary N) is 1. The summed E-state index contributed by atoms with van der Waals surface area (Å²) in [6.07, 6.45) is 0. The van der Waals surface area contributed by atoms with Gasteiger partial charge in [-0.25, -0.2) is 13.6 Å². The molecule has 6 heteroatoms. The normalized spacial score (nSPS) is 10.2. The number of esters is 1. The van der Waals surface area contributed by atoms with Crippen molar-refractivity contribution in [2.24, 2.45) is 0 Å². The van der Waals surface area contributed by atoms with Crippen LogP contribution in [0.4, 0.5) is 25.8 Å². The number of para-hydroxylation sites is 1. The van der Waals surface area contributed by atoms with Gasteiger partial charge in [-0.3, -0.25) is 0 Å². The van der Waals surface area contributed by atoms with Gasteiger partial charge in [-0.1, -0.05) is 6.07 Å². The second kappa shape index (κ2) is 6.21. The lowest BCUT2D eigenvalue weighted by Crippen LogP contribution is -2.09.